The Hall–Kier alpha value is -1.07. The van der Waals surface area contributed by atoms with Crippen LogP contribution in [0.1, 0.15) is 44.7 Å². The minimum atomic E-state index is -0.418. The molecule has 1 fully saturated rings. The predicted molar refractivity (Wildman–Crippen MR) is 78.6 cm³/mol. The second kappa shape index (κ2) is 6.59. The van der Waals surface area contributed by atoms with Crippen LogP contribution in [0.25, 0.3) is 0 Å². The van der Waals surface area contributed by atoms with Crippen LogP contribution in [0.4, 0.5) is 0 Å². The summed E-state index contributed by atoms with van der Waals surface area (Å²) in [4.78, 5) is 27.2. The van der Waals surface area contributed by atoms with Crippen LogP contribution in [-0.2, 0) is 11.2 Å². The summed E-state index contributed by atoms with van der Waals surface area (Å²) in [6.07, 6.45) is 3.14. The summed E-state index contributed by atoms with van der Waals surface area (Å²) in [5.74, 6) is 0.290. The van der Waals surface area contributed by atoms with Gasteiger partial charge in [-0.25, -0.2) is 4.79 Å². The van der Waals surface area contributed by atoms with E-state index in [2.05, 4.69) is 4.98 Å². The molecule has 1 unspecified atom stereocenters. The molecule has 1 aromatic rings. The number of halogens is 1. The molecule has 0 radical (unpaired) electrons. The van der Waals surface area contributed by atoms with Crippen LogP contribution in [0.3, 0.4) is 0 Å². The Morgan fingerprint density at radius 3 is 2.65 bits per heavy atom. The fourth-order valence-electron chi connectivity index (χ4n) is 2.81. The Morgan fingerprint density at radius 1 is 1.40 bits per heavy atom. The monoisotopic (exact) mass is 300 g/mol. The number of nitrogens with zero attached hydrogens (tertiary/aromatic N) is 1. The lowest BCUT2D eigenvalue weighted by atomic mass is 9.92. The number of rotatable bonds is 4. The molecule has 0 amide bonds. The van der Waals surface area contributed by atoms with Gasteiger partial charge >= 0.3 is 5.69 Å². The highest BCUT2D eigenvalue weighted by atomic mass is 35.5. The molecule has 1 aliphatic heterocycles. The highest BCUT2D eigenvalue weighted by molar-refractivity contribution is 6.30. The summed E-state index contributed by atoms with van der Waals surface area (Å²) < 4.78 is 6.66. The molecule has 5 nitrogen and oxygen atoms in total. The smallest absolute Gasteiger partial charge is 0.329 e. The Labute approximate surface area is 122 Å². The van der Waals surface area contributed by atoms with E-state index in [0.717, 1.165) is 19.3 Å². The van der Waals surface area contributed by atoms with Gasteiger partial charge in [0, 0.05) is 19.3 Å². The number of H-pyrrole nitrogens is 1. The third-order valence-corrected chi connectivity index (χ3v) is 4.36. The van der Waals surface area contributed by atoms with Crippen molar-refractivity contribution in [3.05, 3.63) is 31.6 Å². The lowest BCUT2D eigenvalue weighted by molar-refractivity contribution is 0.0501. The van der Waals surface area contributed by atoms with Gasteiger partial charge in [-0.2, -0.15) is 0 Å². The summed E-state index contributed by atoms with van der Waals surface area (Å²) in [5.41, 5.74) is -0.161. The van der Waals surface area contributed by atoms with Gasteiger partial charge < -0.3 is 4.74 Å². The molecule has 0 spiro atoms. The first kappa shape index (κ1) is 15.3. The first-order chi connectivity index (χ1) is 9.56. The van der Waals surface area contributed by atoms with E-state index < -0.39 is 5.69 Å². The van der Waals surface area contributed by atoms with E-state index in [0.29, 0.717) is 31.1 Å². The summed E-state index contributed by atoms with van der Waals surface area (Å²) >= 11 is 5.99. The van der Waals surface area contributed by atoms with Crippen molar-refractivity contribution in [2.75, 3.05) is 13.2 Å². The lowest BCUT2D eigenvalue weighted by Crippen LogP contribution is -2.42. The van der Waals surface area contributed by atoms with Crippen molar-refractivity contribution in [2.45, 2.75) is 45.6 Å². The molecule has 1 saturated heterocycles. The highest BCUT2D eigenvalue weighted by Gasteiger charge is 2.25. The van der Waals surface area contributed by atoms with Crippen LogP contribution in [-0.4, -0.2) is 22.8 Å². The van der Waals surface area contributed by atoms with Gasteiger partial charge in [-0.1, -0.05) is 24.9 Å². The van der Waals surface area contributed by atoms with Gasteiger partial charge in [0.25, 0.3) is 5.56 Å². The lowest BCUT2D eigenvalue weighted by Gasteiger charge is -2.28. The minimum absolute atomic E-state index is 0.136. The molecule has 1 aromatic heterocycles. The minimum Gasteiger partial charge on any atom is -0.381 e. The molecular weight excluding hydrogens is 280 g/mol. The van der Waals surface area contributed by atoms with E-state index in [1.54, 1.807) is 0 Å². The molecule has 20 heavy (non-hydrogen) atoms. The van der Waals surface area contributed by atoms with E-state index in [9.17, 15) is 9.59 Å². The van der Waals surface area contributed by atoms with Crippen LogP contribution in [0.2, 0.25) is 5.15 Å². The maximum Gasteiger partial charge on any atom is 0.329 e. The van der Waals surface area contributed by atoms with Crippen LogP contribution in [0, 0.1) is 5.92 Å². The number of hydrogen-bond donors (Lipinski definition) is 1. The molecule has 1 atom stereocenters. The highest BCUT2D eigenvalue weighted by Crippen LogP contribution is 2.25. The number of aromatic amines is 1. The normalized spacial score (nSPS) is 18.1. The van der Waals surface area contributed by atoms with Crippen molar-refractivity contribution < 1.29 is 4.74 Å². The third kappa shape index (κ3) is 2.99. The Balaban J connectivity index is 2.42. The third-order valence-electron chi connectivity index (χ3n) is 4.03. The molecule has 6 heteroatoms. The molecule has 2 rings (SSSR count). The van der Waals surface area contributed by atoms with E-state index >= 15 is 0 Å². The molecule has 0 saturated carbocycles. The van der Waals surface area contributed by atoms with Gasteiger partial charge in [-0.05, 0) is 32.1 Å². The largest absolute Gasteiger partial charge is 0.381 e. The topological polar surface area (TPSA) is 64.1 Å². The van der Waals surface area contributed by atoms with Gasteiger partial charge in [-0.3, -0.25) is 14.3 Å². The summed E-state index contributed by atoms with van der Waals surface area (Å²) in [7, 11) is 0. The van der Waals surface area contributed by atoms with Gasteiger partial charge in [0.2, 0.25) is 0 Å². The van der Waals surface area contributed by atoms with Crippen molar-refractivity contribution in [1.82, 2.24) is 9.55 Å². The molecule has 112 valence electrons. The standard InChI is InChI=1S/C14H21ClN2O3/c1-3-4-11-12(15)16-14(19)17(13(11)18)9(2)10-5-7-20-8-6-10/h9-10H,3-8H2,1-2H3,(H,16,19). The average molecular weight is 301 g/mol. The quantitative estimate of drug-likeness (QED) is 0.866. The number of nitrogens with one attached hydrogen (secondary N) is 1. The van der Waals surface area contributed by atoms with Crippen molar-refractivity contribution >= 4 is 11.6 Å². The zero-order valence-corrected chi connectivity index (χ0v) is 12.7. The van der Waals surface area contributed by atoms with Crippen molar-refractivity contribution in [3.8, 4) is 0 Å². The zero-order valence-electron chi connectivity index (χ0n) is 11.9. The maximum absolute atomic E-state index is 12.5. The van der Waals surface area contributed by atoms with Crippen molar-refractivity contribution in [2.24, 2.45) is 5.92 Å². The second-order valence-electron chi connectivity index (χ2n) is 5.34. The summed E-state index contributed by atoms with van der Waals surface area (Å²) in [6.45, 7) is 5.29. The molecule has 1 aliphatic rings. The van der Waals surface area contributed by atoms with Crippen molar-refractivity contribution in [1.29, 1.82) is 0 Å². The molecular formula is C14H21ClN2O3. The molecule has 1 N–H and O–H groups in total. The molecule has 0 aromatic carbocycles. The van der Waals surface area contributed by atoms with Crippen LogP contribution in [0.5, 0.6) is 0 Å². The number of ether oxygens (including phenoxy) is 1. The number of hydrogen-bond acceptors (Lipinski definition) is 3. The van der Waals surface area contributed by atoms with Gasteiger partial charge in [0.15, 0.2) is 0 Å². The Kier molecular flexibility index (Phi) is 5.05. The van der Waals surface area contributed by atoms with Crippen molar-refractivity contribution in [3.63, 3.8) is 0 Å². The maximum atomic E-state index is 12.5. The van der Waals surface area contributed by atoms with E-state index in [4.69, 9.17) is 16.3 Å². The molecule has 0 aliphatic carbocycles. The second-order valence-corrected chi connectivity index (χ2v) is 5.72. The Morgan fingerprint density at radius 2 is 2.05 bits per heavy atom. The Bertz CT molecular complexity index is 573. The van der Waals surface area contributed by atoms with Gasteiger partial charge in [-0.15, -0.1) is 0 Å². The van der Waals surface area contributed by atoms with E-state index in [-0.39, 0.29) is 16.8 Å². The first-order valence-electron chi connectivity index (χ1n) is 7.17. The SMILES string of the molecule is CCCc1c(Cl)[nH]c(=O)n(C(C)C2CCOCC2)c1=O. The fourth-order valence-corrected chi connectivity index (χ4v) is 3.06. The summed E-state index contributed by atoms with van der Waals surface area (Å²) in [6, 6.07) is -0.136. The van der Waals surface area contributed by atoms with E-state index in [1.807, 2.05) is 13.8 Å². The molecule has 2 heterocycles. The van der Waals surface area contributed by atoms with Crippen LogP contribution < -0.4 is 11.2 Å². The van der Waals surface area contributed by atoms with Crippen LogP contribution in [0.15, 0.2) is 9.59 Å². The van der Waals surface area contributed by atoms with E-state index in [1.165, 1.54) is 4.57 Å². The zero-order chi connectivity index (χ0) is 14.7. The first-order valence-corrected chi connectivity index (χ1v) is 7.55. The summed E-state index contributed by atoms with van der Waals surface area (Å²) in [5, 5.41) is 0.178. The fraction of sp³-hybridized carbons (Fsp3) is 0.714. The van der Waals surface area contributed by atoms with Gasteiger partial charge in [0.05, 0.1) is 5.56 Å². The van der Waals surface area contributed by atoms with Gasteiger partial charge in [0.1, 0.15) is 5.15 Å². The van der Waals surface area contributed by atoms with Crippen LogP contribution >= 0.6 is 11.6 Å². The predicted octanol–water partition coefficient (Wildman–Crippen LogP) is 2.13. The molecule has 0 bridgehead atoms. The average Bonchev–Trinajstić information content (AvgIpc) is 2.44. The number of aromatic nitrogens is 2.